The second kappa shape index (κ2) is 7.92. The molecular formula is C22H16FIrNO2S. The van der Waals surface area contributed by atoms with Crippen molar-refractivity contribution in [2.24, 2.45) is 0 Å². The first-order valence-electron chi connectivity index (χ1n) is 8.39. The Morgan fingerprint density at radius 3 is 2.46 bits per heavy atom. The summed E-state index contributed by atoms with van der Waals surface area (Å²) in [7, 11) is 0. The molecule has 0 atom stereocenters. The molecule has 0 aliphatic rings. The van der Waals surface area contributed by atoms with Gasteiger partial charge in [0.1, 0.15) is 5.76 Å². The third kappa shape index (κ3) is 3.28. The monoisotopic (exact) mass is 570 g/mol. The van der Waals surface area contributed by atoms with Crippen molar-refractivity contribution in [2.45, 2.75) is 13.8 Å². The molecule has 5 aromatic rings. The van der Waals surface area contributed by atoms with Crippen molar-refractivity contribution in [3.63, 3.8) is 0 Å². The maximum Gasteiger partial charge on any atom is 0.352 e. The van der Waals surface area contributed by atoms with Crippen LogP contribution in [0.1, 0.15) is 13.8 Å². The molecule has 6 heteroatoms. The molecule has 0 unspecified atom stereocenters. The number of ketones is 1. The molecule has 0 saturated heterocycles. The predicted molar refractivity (Wildman–Crippen MR) is 111 cm³/mol. The molecule has 2 aromatic heterocycles. The first-order chi connectivity index (χ1) is 13.0. The molecule has 143 valence electrons. The summed E-state index contributed by atoms with van der Waals surface area (Å²) in [6, 6.07) is 18.3. The number of aromatic nitrogens is 1. The Morgan fingerprint density at radius 2 is 1.79 bits per heavy atom. The summed E-state index contributed by atoms with van der Waals surface area (Å²) in [5.41, 5.74) is 1.06. The van der Waals surface area contributed by atoms with Gasteiger partial charge < -0.3 is 10.1 Å². The van der Waals surface area contributed by atoms with Crippen molar-refractivity contribution in [3.8, 4) is 0 Å². The van der Waals surface area contributed by atoms with E-state index in [4.69, 9.17) is 9.90 Å². The predicted octanol–water partition coefficient (Wildman–Crippen LogP) is 6.30. The molecule has 2 N–H and O–H groups in total. The summed E-state index contributed by atoms with van der Waals surface area (Å²) in [5, 5.41) is 14.7. The van der Waals surface area contributed by atoms with Gasteiger partial charge in [0.25, 0.3) is 5.83 Å². The van der Waals surface area contributed by atoms with Crippen LogP contribution in [0.25, 0.3) is 41.8 Å². The molecule has 0 aliphatic heterocycles. The zero-order valence-corrected chi connectivity index (χ0v) is 18.3. The van der Waals surface area contributed by atoms with Crippen LogP contribution in [-0.4, -0.2) is 20.7 Å². The number of rotatable bonds is 1. The zero-order valence-electron chi connectivity index (χ0n) is 15.1. The normalized spacial score (nSPS) is 12.0. The van der Waals surface area contributed by atoms with Crippen LogP contribution in [0, 0.1) is 6.07 Å². The maximum atomic E-state index is 12.0. The minimum absolute atomic E-state index is 0. The molecule has 0 fully saturated rings. The van der Waals surface area contributed by atoms with Gasteiger partial charge in [-0.3, -0.25) is 4.79 Å². The van der Waals surface area contributed by atoms with Gasteiger partial charge in [0.2, 0.25) is 0 Å². The number of halogens is 1. The van der Waals surface area contributed by atoms with E-state index in [0.717, 1.165) is 24.8 Å². The number of benzene rings is 3. The number of aliphatic hydroxyl groups excluding tert-OH is 1. The average molecular weight is 570 g/mol. The van der Waals surface area contributed by atoms with Crippen LogP contribution < -0.4 is 0 Å². The zero-order chi connectivity index (χ0) is 19.1. The van der Waals surface area contributed by atoms with E-state index in [1.807, 2.05) is 29.7 Å². The number of allylic oxidation sites excluding steroid dienone is 2. The third-order valence-electron chi connectivity index (χ3n) is 4.42. The Kier molecular flexibility index (Phi) is 5.75. The van der Waals surface area contributed by atoms with Crippen LogP contribution in [-0.2, 0) is 20.1 Å². The van der Waals surface area contributed by atoms with Gasteiger partial charge in [-0.05, 0) is 45.4 Å². The maximum absolute atomic E-state index is 12.0. The van der Waals surface area contributed by atoms with Gasteiger partial charge in [-0.1, -0.05) is 23.6 Å². The minimum Gasteiger partial charge on any atom is -0.509 e. The summed E-state index contributed by atoms with van der Waals surface area (Å²) in [6.07, 6.45) is 1.86. The van der Waals surface area contributed by atoms with Gasteiger partial charge in [-0.2, -0.15) is 15.7 Å². The molecule has 0 aliphatic carbocycles. The van der Waals surface area contributed by atoms with Gasteiger partial charge in [0, 0.05) is 31.0 Å². The van der Waals surface area contributed by atoms with E-state index >= 15 is 0 Å². The quantitative estimate of drug-likeness (QED) is 0.0847. The second-order valence-electron chi connectivity index (χ2n) is 6.26. The van der Waals surface area contributed by atoms with Crippen molar-refractivity contribution < 1.29 is 34.4 Å². The summed E-state index contributed by atoms with van der Waals surface area (Å²) in [5.74, 6) is -1.94. The summed E-state index contributed by atoms with van der Waals surface area (Å²) >= 11 is 1.85. The van der Waals surface area contributed by atoms with Gasteiger partial charge in [-0.25, -0.2) is 0 Å². The number of hydrogen-bond donors (Lipinski definition) is 1. The van der Waals surface area contributed by atoms with Crippen LogP contribution in [0.4, 0.5) is 4.39 Å². The fourth-order valence-electron chi connectivity index (χ4n) is 3.30. The molecule has 0 amide bonds. The van der Waals surface area contributed by atoms with Crippen LogP contribution in [0.15, 0.2) is 60.2 Å². The number of aliphatic hydroxyl groups is 1. The SMILES string of the molecule is CC(=[OH+])/C(F)=C(/C)O.[Ir].[c-]1ccc2sc3cccc4c5cccnc5c1c2c34. The van der Waals surface area contributed by atoms with Crippen molar-refractivity contribution in [1.29, 1.82) is 0 Å². The first kappa shape index (κ1) is 20.3. The fourth-order valence-corrected chi connectivity index (χ4v) is 4.44. The number of nitrogens with zero attached hydrogens (tertiary/aromatic N) is 1. The van der Waals surface area contributed by atoms with E-state index in [1.54, 1.807) is 0 Å². The smallest absolute Gasteiger partial charge is 0.352 e. The Morgan fingerprint density at radius 1 is 1.07 bits per heavy atom. The third-order valence-corrected chi connectivity index (χ3v) is 5.55. The van der Waals surface area contributed by atoms with Crippen molar-refractivity contribution in [2.75, 3.05) is 0 Å². The van der Waals surface area contributed by atoms with E-state index in [0.29, 0.717) is 0 Å². The number of pyridine rings is 1. The van der Waals surface area contributed by atoms with Crippen LogP contribution >= 0.6 is 11.3 Å². The number of thiophene rings is 1. The molecule has 0 bridgehead atoms. The van der Waals surface area contributed by atoms with Crippen LogP contribution in [0.5, 0.6) is 0 Å². The van der Waals surface area contributed by atoms with Gasteiger partial charge in [0.05, 0.1) is 6.92 Å². The van der Waals surface area contributed by atoms with Crippen molar-refractivity contribution in [1.82, 2.24) is 4.98 Å². The molecule has 0 spiro atoms. The Hall–Kier alpha value is -2.40. The number of fused-ring (bicyclic) bond motifs is 3. The molecule has 3 aromatic carbocycles. The molecular weight excluding hydrogens is 554 g/mol. The van der Waals surface area contributed by atoms with Crippen molar-refractivity contribution in [3.05, 3.63) is 66.3 Å². The van der Waals surface area contributed by atoms with E-state index in [-0.39, 0.29) is 20.1 Å². The second-order valence-corrected chi connectivity index (χ2v) is 7.34. The van der Waals surface area contributed by atoms with Gasteiger partial charge >= 0.3 is 5.78 Å². The van der Waals surface area contributed by atoms with Gasteiger partial charge in [-0.15, -0.1) is 23.6 Å². The first-order valence-corrected chi connectivity index (χ1v) is 9.20. The van der Waals surface area contributed by atoms with Crippen LogP contribution in [0.2, 0.25) is 0 Å². The molecule has 0 saturated carbocycles. The molecule has 28 heavy (non-hydrogen) atoms. The summed E-state index contributed by atoms with van der Waals surface area (Å²) in [6.45, 7) is 2.32. The standard InChI is InChI=1S/C17H8NS.C5H7FO2.Ir/c1-4-10-11-6-3-9-18-17(11)12-5-2-8-14-16(12)15(10)13(7-1)19-14;1-3(7)5(6)4(2)8;/h1-4,6-9H;7H,1-2H3;/q-1;;/p+1/b;5-3+;. The number of hydrogen-bond acceptors (Lipinski definition) is 3. The van der Waals surface area contributed by atoms with Crippen LogP contribution in [0.3, 0.4) is 0 Å². The molecule has 2 heterocycles. The van der Waals surface area contributed by atoms with Crippen molar-refractivity contribution >= 4 is 59.0 Å². The topological polar surface area (TPSA) is 54.5 Å². The summed E-state index contributed by atoms with van der Waals surface area (Å²) in [4.78, 5) is 12.9. The molecule has 5 rings (SSSR count). The average Bonchev–Trinajstić information content (AvgIpc) is 3.06. The Balaban J connectivity index is 0.000000218. The molecule has 3 nitrogen and oxygen atoms in total. The largest absolute Gasteiger partial charge is 0.509 e. The molecule has 1 radical (unpaired) electrons. The Labute approximate surface area is 178 Å². The van der Waals surface area contributed by atoms with Gasteiger partial charge in [0.15, 0.2) is 0 Å². The fraction of sp³-hybridized carbons (Fsp3) is 0.0909. The van der Waals surface area contributed by atoms with E-state index in [9.17, 15) is 4.39 Å². The van der Waals surface area contributed by atoms with E-state index in [2.05, 4.69) is 41.4 Å². The Bertz CT molecular complexity index is 1250. The number of carbonyl (C=O) groups excluding carboxylic acids is 1. The minimum atomic E-state index is -0.954. The van der Waals surface area contributed by atoms with E-state index < -0.39 is 17.4 Å². The van der Waals surface area contributed by atoms with E-state index in [1.165, 1.54) is 30.9 Å². The summed E-state index contributed by atoms with van der Waals surface area (Å²) < 4.78 is 14.7.